The van der Waals surface area contributed by atoms with Gasteiger partial charge in [0.15, 0.2) is 0 Å². The summed E-state index contributed by atoms with van der Waals surface area (Å²) >= 11 is 0. The first-order chi connectivity index (χ1) is 13.4. The van der Waals surface area contributed by atoms with Crippen LogP contribution in [0.3, 0.4) is 0 Å². The van der Waals surface area contributed by atoms with Crippen LogP contribution in [0.4, 0.5) is 4.79 Å². The van der Waals surface area contributed by atoms with Crippen LogP contribution in [-0.2, 0) is 16.1 Å². The van der Waals surface area contributed by atoms with Crippen LogP contribution in [0.2, 0.25) is 0 Å². The van der Waals surface area contributed by atoms with Gasteiger partial charge in [-0.15, -0.1) is 0 Å². The Kier molecular flexibility index (Phi) is 6.94. The zero-order chi connectivity index (χ0) is 20.0. The summed E-state index contributed by atoms with van der Waals surface area (Å²) in [6.45, 7) is 8.57. The monoisotopic (exact) mass is 388 g/mol. The molecule has 0 saturated carbocycles. The molecule has 1 aliphatic rings. The van der Waals surface area contributed by atoms with E-state index in [0.717, 1.165) is 62.1 Å². The number of pyridine rings is 1. The van der Waals surface area contributed by atoms with Crippen LogP contribution < -0.4 is 0 Å². The molecule has 0 unspecified atom stereocenters. The highest BCUT2D eigenvalue weighted by Gasteiger charge is 2.26. The number of amides is 1. The molecule has 3 heterocycles. The van der Waals surface area contributed by atoms with Gasteiger partial charge in [0, 0.05) is 37.5 Å². The number of piperidine rings is 1. The van der Waals surface area contributed by atoms with Gasteiger partial charge in [0.05, 0.1) is 0 Å². The molecular weight excluding hydrogens is 356 g/mol. The van der Waals surface area contributed by atoms with Crippen molar-refractivity contribution in [2.24, 2.45) is 5.92 Å². The first-order valence-corrected chi connectivity index (χ1v) is 10.3. The Morgan fingerprint density at radius 2 is 2.07 bits per heavy atom. The molecular formula is C22H32N2O4. The SMILES string of the molecule is CC(C)(C)OC(=O)N1CCC(CCCCOCc2cc3cnccc3o2)CC1. The van der Waals surface area contributed by atoms with Crippen molar-refractivity contribution in [3.05, 3.63) is 30.3 Å². The van der Waals surface area contributed by atoms with Gasteiger partial charge in [0.2, 0.25) is 0 Å². The molecule has 0 aliphatic carbocycles. The van der Waals surface area contributed by atoms with Crippen LogP contribution in [0.15, 0.2) is 28.9 Å². The molecule has 6 heteroatoms. The number of hydrogen-bond acceptors (Lipinski definition) is 5. The number of carbonyl (C=O) groups excluding carboxylic acids is 1. The van der Waals surface area contributed by atoms with Gasteiger partial charge in [-0.3, -0.25) is 4.98 Å². The summed E-state index contributed by atoms with van der Waals surface area (Å²) in [5, 5.41) is 1.01. The van der Waals surface area contributed by atoms with E-state index in [4.69, 9.17) is 13.9 Å². The van der Waals surface area contributed by atoms with E-state index in [-0.39, 0.29) is 6.09 Å². The molecule has 28 heavy (non-hydrogen) atoms. The molecule has 1 amide bonds. The van der Waals surface area contributed by atoms with E-state index in [9.17, 15) is 4.79 Å². The van der Waals surface area contributed by atoms with Crippen molar-refractivity contribution >= 4 is 17.1 Å². The number of aromatic nitrogens is 1. The predicted molar refractivity (Wildman–Crippen MR) is 108 cm³/mol. The fourth-order valence-electron chi connectivity index (χ4n) is 3.55. The Morgan fingerprint density at radius 3 is 2.79 bits per heavy atom. The number of fused-ring (bicyclic) bond motifs is 1. The van der Waals surface area contributed by atoms with Crippen molar-refractivity contribution in [3.8, 4) is 0 Å². The molecule has 2 aromatic heterocycles. The second kappa shape index (κ2) is 9.41. The Hall–Kier alpha value is -2.08. The topological polar surface area (TPSA) is 64.8 Å². The molecule has 0 spiro atoms. The van der Waals surface area contributed by atoms with Gasteiger partial charge in [0.1, 0.15) is 23.6 Å². The molecule has 1 fully saturated rings. The Labute approximate surface area is 167 Å². The number of hydrogen-bond donors (Lipinski definition) is 0. The first kappa shape index (κ1) is 20.6. The van der Waals surface area contributed by atoms with Gasteiger partial charge in [-0.25, -0.2) is 4.79 Å². The van der Waals surface area contributed by atoms with Crippen LogP contribution >= 0.6 is 0 Å². The van der Waals surface area contributed by atoms with E-state index in [1.807, 2.05) is 37.8 Å². The Bertz CT molecular complexity index is 724. The van der Waals surface area contributed by atoms with E-state index in [0.29, 0.717) is 12.5 Å². The number of nitrogens with zero attached hydrogens (tertiary/aromatic N) is 2. The number of furan rings is 1. The minimum Gasteiger partial charge on any atom is -0.458 e. The molecule has 0 N–H and O–H groups in total. The van der Waals surface area contributed by atoms with Crippen LogP contribution in [0, 0.1) is 5.92 Å². The lowest BCUT2D eigenvalue weighted by Crippen LogP contribution is -2.41. The highest BCUT2D eigenvalue weighted by molar-refractivity contribution is 5.76. The molecule has 0 bridgehead atoms. The molecule has 0 aromatic carbocycles. The normalized spacial score (nSPS) is 15.9. The molecule has 6 nitrogen and oxygen atoms in total. The van der Waals surface area contributed by atoms with Gasteiger partial charge >= 0.3 is 6.09 Å². The molecule has 3 rings (SSSR count). The number of rotatable bonds is 7. The standard InChI is InChI=1S/C22H32N2O4/c1-22(2,3)28-21(25)24-11-8-17(9-12-24)6-4-5-13-26-16-19-14-18-15-23-10-7-20(18)27-19/h7,10,14-15,17H,4-6,8-9,11-13,16H2,1-3H3. The third-order valence-electron chi connectivity index (χ3n) is 5.03. The third-order valence-corrected chi connectivity index (χ3v) is 5.03. The van der Waals surface area contributed by atoms with E-state index in [1.165, 1.54) is 6.42 Å². The molecule has 0 radical (unpaired) electrons. The highest BCUT2D eigenvalue weighted by atomic mass is 16.6. The number of unbranched alkanes of at least 4 members (excludes halogenated alkanes) is 1. The lowest BCUT2D eigenvalue weighted by molar-refractivity contribution is 0.0179. The fourth-order valence-corrected chi connectivity index (χ4v) is 3.55. The number of ether oxygens (including phenoxy) is 2. The van der Waals surface area contributed by atoms with Crippen molar-refractivity contribution in [2.75, 3.05) is 19.7 Å². The predicted octanol–water partition coefficient (Wildman–Crippen LogP) is 5.16. The van der Waals surface area contributed by atoms with E-state index in [1.54, 1.807) is 12.4 Å². The largest absolute Gasteiger partial charge is 0.458 e. The minimum absolute atomic E-state index is 0.180. The summed E-state index contributed by atoms with van der Waals surface area (Å²) < 4.78 is 16.9. The van der Waals surface area contributed by atoms with Crippen molar-refractivity contribution in [2.45, 2.75) is 65.1 Å². The van der Waals surface area contributed by atoms with Gasteiger partial charge in [0.25, 0.3) is 0 Å². The van der Waals surface area contributed by atoms with Gasteiger partial charge in [-0.1, -0.05) is 12.8 Å². The van der Waals surface area contributed by atoms with Crippen LogP contribution in [0.5, 0.6) is 0 Å². The summed E-state index contributed by atoms with van der Waals surface area (Å²) in [4.78, 5) is 18.0. The second-order valence-electron chi connectivity index (χ2n) is 8.59. The first-order valence-electron chi connectivity index (χ1n) is 10.3. The Balaban J connectivity index is 1.26. The van der Waals surface area contributed by atoms with Crippen molar-refractivity contribution < 1.29 is 18.7 Å². The fraction of sp³-hybridized carbons (Fsp3) is 0.636. The molecule has 1 aliphatic heterocycles. The number of carbonyl (C=O) groups is 1. The second-order valence-corrected chi connectivity index (χ2v) is 8.59. The summed E-state index contributed by atoms with van der Waals surface area (Å²) in [5.74, 6) is 1.54. The zero-order valence-electron chi connectivity index (χ0n) is 17.3. The van der Waals surface area contributed by atoms with Crippen molar-refractivity contribution in [1.82, 2.24) is 9.88 Å². The average Bonchev–Trinajstić information content (AvgIpc) is 3.06. The van der Waals surface area contributed by atoms with Crippen LogP contribution in [0.1, 0.15) is 58.6 Å². The molecule has 154 valence electrons. The van der Waals surface area contributed by atoms with Gasteiger partial charge < -0.3 is 18.8 Å². The zero-order valence-corrected chi connectivity index (χ0v) is 17.3. The van der Waals surface area contributed by atoms with Crippen LogP contribution in [0.25, 0.3) is 11.0 Å². The summed E-state index contributed by atoms with van der Waals surface area (Å²) in [6.07, 6.45) is 8.88. The van der Waals surface area contributed by atoms with Gasteiger partial charge in [-0.05, 0) is 58.1 Å². The van der Waals surface area contributed by atoms with E-state index >= 15 is 0 Å². The maximum Gasteiger partial charge on any atom is 0.410 e. The summed E-state index contributed by atoms with van der Waals surface area (Å²) in [7, 11) is 0. The summed E-state index contributed by atoms with van der Waals surface area (Å²) in [6, 6.07) is 3.85. The smallest absolute Gasteiger partial charge is 0.410 e. The van der Waals surface area contributed by atoms with Crippen LogP contribution in [-0.4, -0.2) is 41.3 Å². The maximum absolute atomic E-state index is 12.1. The van der Waals surface area contributed by atoms with Crippen molar-refractivity contribution in [3.63, 3.8) is 0 Å². The van der Waals surface area contributed by atoms with Crippen molar-refractivity contribution in [1.29, 1.82) is 0 Å². The average molecular weight is 389 g/mol. The Morgan fingerprint density at radius 1 is 1.29 bits per heavy atom. The highest BCUT2D eigenvalue weighted by Crippen LogP contribution is 2.24. The van der Waals surface area contributed by atoms with E-state index < -0.39 is 5.60 Å². The lowest BCUT2D eigenvalue weighted by Gasteiger charge is -2.33. The van der Waals surface area contributed by atoms with Gasteiger partial charge in [-0.2, -0.15) is 0 Å². The maximum atomic E-state index is 12.1. The summed E-state index contributed by atoms with van der Waals surface area (Å²) in [5.41, 5.74) is 0.430. The molecule has 2 aromatic rings. The quantitative estimate of drug-likeness (QED) is 0.613. The molecule has 1 saturated heterocycles. The minimum atomic E-state index is -0.423. The number of likely N-dealkylation sites (tertiary alicyclic amines) is 1. The lowest BCUT2D eigenvalue weighted by atomic mass is 9.92. The third kappa shape index (κ3) is 6.23. The molecule has 0 atom stereocenters. The van der Waals surface area contributed by atoms with E-state index in [2.05, 4.69) is 4.98 Å².